The lowest BCUT2D eigenvalue weighted by Gasteiger charge is -2.14. The molecule has 1 aliphatic heterocycles. The Bertz CT molecular complexity index is 1040. The van der Waals surface area contributed by atoms with E-state index in [0.29, 0.717) is 44.8 Å². The summed E-state index contributed by atoms with van der Waals surface area (Å²) in [5.41, 5.74) is 1.60. The number of carbonyl (C=O) groups excluding carboxylic acids is 2. The van der Waals surface area contributed by atoms with Gasteiger partial charge in [-0.25, -0.2) is 0 Å². The lowest BCUT2D eigenvalue weighted by Crippen LogP contribution is -2.33. The van der Waals surface area contributed by atoms with Crippen LogP contribution in [-0.4, -0.2) is 40.8 Å². The molecule has 2 amide bonds. The van der Waals surface area contributed by atoms with E-state index in [1.165, 1.54) is 13.2 Å². The quantitative estimate of drug-likeness (QED) is 0.360. The molecule has 0 spiro atoms. The first kappa shape index (κ1) is 22.6. The number of carboxylic acids is 1. The molecule has 0 unspecified atom stereocenters. The van der Waals surface area contributed by atoms with Crippen molar-refractivity contribution in [1.82, 2.24) is 4.90 Å². The summed E-state index contributed by atoms with van der Waals surface area (Å²) in [5.74, 6) is -0.933. The molecule has 0 aliphatic carbocycles. The number of nitrogens with zero attached hydrogens (tertiary/aromatic N) is 1. The van der Waals surface area contributed by atoms with Crippen LogP contribution in [0.2, 0.25) is 0 Å². The molecule has 1 fully saturated rings. The normalized spacial score (nSPS) is 15.0. The van der Waals surface area contributed by atoms with Crippen molar-refractivity contribution in [2.24, 2.45) is 0 Å². The molecule has 2 aromatic carbocycles. The van der Waals surface area contributed by atoms with Crippen molar-refractivity contribution >= 4 is 73.5 Å². The van der Waals surface area contributed by atoms with Crippen molar-refractivity contribution in [3.05, 3.63) is 60.5 Å². The maximum Gasteiger partial charge on any atom is 0.323 e. The number of carbonyl (C=O) groups is 3. The molecule has 1 heterocycles. The largest absolute Gasteiger partial charge is 0.493 e. The van der Waals surface area contributed by atoms with Gasteiger partial charge in [0.05, 0.1) is 16.5 Å². The van der Waals surface area contributed by atoms with Crippen LogP contribution in [0.15, 0.2) is 45.8 Å². The number of thioether (sulfide) groups is 1. The van der Waals surface area contributed by atoms with Crippen LogP contribution in [0.1, 0.15) is 11.1 Å². The van der Waals surface area contributed by atoms with Crippen LogP contribution in [0.25, 0.3) is 6.08 Å². The van der Waals surface area contributed by atoms with Crippen LogP contribution in [0, 0.1) is 3.57 Å². The predicted octanol–water partition coefficient (Wildman–Crippen LogP) is 4.76. The van der Waals surface area contributed by atoms with E-state index < -0.39 is 23.7 Å². The average molecular weight is 604 g/mol. The standard InChI is InChI=1S/C20H15BrINO6S/c1-28-15-7-12(8-16-19(26)23(9-17(24)25)20(27)30-16)6-14(21)18(15)29-10-11-2-4-13(22)5-3-11/h2-8H,9-10H2,1H3,(H,24,25)/b16-8+. The highest BCUT2D eigenvalue weighted by atomic mass is 127. The molecule has 1 aliphatic rings. The molecule has 1 N–H and O–H groups in total. The maximum atomic E-state index is 12.3. The molecular formula is C20H15BrINO6S. The highest BCUT2D eigenvalue weighted by Gasteiger charge is 2.36. The molecule has 0 atom stereocenters. The van der Waals surface area contributed by atoms with Crippen molar-refractivity contribution in [3.63, 3.8) is 0 Å². The molecule has 30 heavy (non-hydrogen) atoms. The number of carboxylic acid groups (broad SMARTS) is 1. The van der Waals surface area contributed by atoms with Crippen LogP contribution < -0.4 is 9.47 Å². The van der Waals surface area contributed by atoms with E-state index in [-0.39, 0.29) is 4.91 Å². The minimum Gasteiger partial charge on any atom is -0.493 e. The van der Waals surface area contributed by atoms with Crippen LogP contribution in [0.3, 0.4) is 0 Å². The summed E-state index contributed by atoms with van der Waals surface area (Å²) in [6, 6.07) is 11.3. The summed E-state index contributed by atoms with van der Waals surface area (Å²) < 4.78 is 13.1. The highest BCUT2D eigenvalue weighted by molar-refractivity contribution is 14.1. The molecular weight excluding hydrogens is 589 g/mol. The summed E-state index contributed by atoms with van der Waals surface area (Å²) in [7, 11) is 1.50. The summed E-state index contributed by atoms with van der Waals surface area (Å²) in [6.45, 7) is -0.320. The molecule has 0 bridgehead atoms. The molecule has 0 saturated carbocycles. The topological polar surface area (TPSA) is 93.1 Å². The smallest absolute Gasteiger partial charge is 0.323 e. The van der Waals surface area contributed by atoms with E-state index in [4.69, 9.17) is 14.6 Å². The van der Waals surface area contributed by atoms with Gasteiger partial charge in [-0.05, 0) is 91.8 Å². The number of hydrogen-bond donors (Lipinski definition) is 1. The van der Waals surface area contributed by atoms with Gasteiger partial charge in [0.1, 0.15) is 13.2 Å². The van der Waals surface area contributed by atoms with Gasteiger partial charge >= 0.3 is 5.97 Å². The molecule has 7 nitrogen and oxygen atoms in total. The van der Waals surface area contributed by atoms with Gasteiger partial charge in [0.25, 0.3) is 11.1 Å². The summed E-state index contributed by atoms with van der Waals surface area (Å²) in [5, 5.41) is 8.24. The number of amides is 2. The van der Waals surface area contributed by atoms with E-state index in [1.807, 2.05) is 24.3 Å². The third-order valence-electron chi connectivity index (χ3n) is 4.01. The van der Waals surface area contributed by atoms with E-state index in [2.05, 4.69) is 38.5 Å². The Kier molecular flexibility index (Phi) is 7.42. The minimum absolute atomic E-state index is 0.141. The Morgan fingerprint density at radius 3 is 2.60 bits per heavy atom. The fourth-order valence-corrected chi connectivity index (χ4v) is 4.39. The molecule has 10 heteroatoms. The molecule has 3 rings (SSSR count). The van der Waals surface area contributed by atoms with Gasteiger partial charge in [0.15, 0.2) is 11.5 Å². The fraction of sp³-hybridized carbons (Fsp3) is 0.150. The minimum atomic E-state index is -1.25. The van der Waals surface area contributed by atoms with Crippen LogP contribution in [0.5, 0.6) is 11.5 Å². The van der Waals surface area contributed by atoms with E-state index >= 15 is 0 Å². The number of imide groups is 1. The first-order chi connectivity index (χ1) is 14.3. The number of benzene rings is 2. The summed E-state index contributed by atoms with van der Waals surface area (Å²) in [6.07, 6.45) is 1.52. The van der Waals surface area contributed by atoms with Gasteiger partial charge in [0.2, 0.25) is 0 Å². The first-order valence-electron chi connectivity index (χ1n) is 8.50. The van der Waals surface area contributed by atoms with Crippen molar-refractivity contribution < 1.29 is 29.0 Å². The zero-order valence-electron chi connectivity index (χ0n) is 15.6. The van der Waals surface area contributed by atoms with Crippen molar-refractivity contribution in [2.45, 2.75) is 6.61 Å². The number of aliphatic carboxylic acids is 1. The Morgan fingerprint density at radius 2 is 1.97 bits per heavy atom. The molecule has 2 aromatic rings. The van der Waals surface area contributed by atoms with Gasteiger partial charge < -0.3 is 14.6 Å². The fourth-order valence-electron chi connectivity index (χ4n) is 2.62. The number of hydrogen-bond acceptors (Lipinski definition) is 6. The number of ether oxygens (including phenoxy) is 2. The first-order valence-corrected chi connectivity index (χ1v) is 11.2. The Labute approximate surface area is 198 Å². The van der Waals surface area contributed by atoms with Crippen LogP contribution in [0.4, 0.5) is 4.79 Å². The van der Waals surface area contributed by atoms with E-state index in [0.717, 1.165) is 9.13 Å². The average Bonchev–Trinajstić information content (AvgIpc) is 2.95. The van der Waals surface area contributed by atoms with Gasteiger partial charge in [0, 0.05) is 3.57 Å². The second-order valence-corrected chi connectivity index (χ2v) is 9.20. The Morgan fingerprint density at radius 1 is 1.27 bits per heavy atom. The third kappa shape index (κ3) is 5.35. The maximum absolute atomic E-state index is 12.3. The number of rotatable bonds is 7. The van der Waals surface area contributed by atoms with Crippen molar-refractivity contribution in [2.75, 3.05) is 13.7 Å². The van der Waals surface area contributed by atoms with Gasteiger partial charge in [-0.2, -0.15) is 0 Å². The van der Waals surface area contributed by atoms with Crippen molar-refractivity contribution in [1.29, 1.82) is 0 Å². The van der Waals surface area contributed by atoms with Crippen LogP contribution in [-0.2, 0) is 16.2 Å². The summed E-state index contributed by atoms with van der Waals surface area (Å²) in [4.78, 5) is 35.9. The zero-order valence-corrected chi connectivity index (χ0v) is 20.1. The molecule has 0 aromatic heterocycles. The van der Waals surface area contributed by atoms with Gasteiger partial charge in [-0.3, -0.25) is 19.3 Å². The van der Waals surface area contributed by atoms with Crippen molar-refractivity contribution in [3.8, 4) is 11.5 Å². The van der Waals surface area contributed by atoms with E-state index in [1.54, 1.807) is 12.1 Å². The third-order valence-corrected chi connectivity index (χ3v) is 6.23. The SMILES string of the molecule is COc1cc(/C=C2/SC(=O)N(CC(=O)O)C2=O)cc(Br)c1OCc1ccc(I)cc1. The Hall–Kier alpha value is -2.05. The summed E-state index contributed by atoms with van der Waals surface area (Å²) >= 11 is 6.39. The number of methoxy groups -OCH3 is 1. The van der Waals surface area contributed by atoms with Crippen LogP contribution >= 0.6 is 50.3 Å². The zero-order chi connectivity index (χ0) is 21.8. The highest BCUT2D eigenvalue weighted by Crippen LogP contribution is 2.39. The second kappa shape index (κ2) is 9.84. The Balaban J connectivity index is 1.82. The lowest BCUT2D eigenvalue weighted by molar-refractivity contribution is -0.140. The van der Waals surface area contributed by atoms with E-state index in [9.17, 15) is 14.4 Å². The number of halogens is 2. The molecule has 0 radical (unpaired) electrons. The molecule has 1 saturated heterocycles. The predicted molar refractivity (Wildman–Crippen MR) is 124 cm³/mol. The second-order valence-electron chi connectivity index (χ2n) is 6.11. The van der Waals surface area contributed by atoms with Gasteiger partial charge in [-0.15, -0.1) is 0 Å². The lowest BCUT2D eigenvalue weighted by atomic mass is 10.1. The monoisotopic (exact) mass is 603 g/mol. The van der Waals surface area contributed by atoms with Gasteiger partial charge in [-0.1, -0.05) is 12.1 Å². The molecule has 156 valence electrons.